The Morgan fingerprint density at radius 3 is 2.33 bits per heavy atom. The summed E-state index contributed by atoms with van der Waals surface area (Å²) in [7, 11) is 2.78. The predicted octanol–water partition coefficient (Wildman–Crippen LogP) is 2.22. The molecule has 6 rings (SSSR count). The van der Waals surface area contributed by atoms with Gasteiger partial charge >= 0.3 is 12.1 Å². The fourth-order valence-corrected chi connectivity index (χ4v) is 6.48. The molecule has 1 spiro atoms. The van der Waals surface area contributed by atoms with Crippen LogP contribution in [0.25, 0.3) is 6.08 Å². The molecule has 1 atom stereocenters. The normalized spacial score (nSPS) is 23.3. The van der Waals surface area contributed by atoms with Crippen molar-refractivity contribution in [2.24, 2.45) is 5.41 Å². The molecule has 0 bridgehead atoms. The lowest BCUT2D eigenvalue weighted by atomic mass is 9.68. The maximum absolute atomic E-state index is 13.6. The van der Waals surface area contributed by atoms with Crippen molar-refractivity contribution < 1.29 is 28.8 Å². The van der Waals surface area contributed by atoms with Crippen LogP contribution in [0.15, 0.2) is 48.0 Å². The zero-order valence-electron chi connectivity index (χ0n) is 22.3. The second kappa shape index (κ2) is 8.87. The fraction of sp³-hybridized carbons (Fsp3) is 0.310. The van der Waals surface area contributed by atoms with Gasteiger partial charge < -0.3 is 4.90 Å². The fourth-order valence-electron chi connectivity index (χ4n) is 6.48. The van der Waals surface area contributed by atoms with E-state index >= 15 is 0 Å². The number of hydrogen-bond donors (Lipinski definition) is 1. The molecule has 0 aliphatic carbocycles. The average molecular weight is 542 g/mol. The maximum Gasteiger partial charge on any atom is 0.335 e. The first kappa shape index (κ1) is 25.5. The van der Waals surface area contributed by atoms with Gasteiger partial charge in [-0.05, 0) is 67.2 Å². The van der Waals surface area contributed by atoms with E-state index in [2.05, 4.69) is 10.2 Å². The average Bonchev–Trinajstić information content (AvgIpc) is 3.44. The van der Waals surface area contributed by atoms with Crippen LogP contribution in [0.5, 0.6) is 0 Å². The van der Waals surface area contributed by atoms with Crippen LogP contribution in [-0.2, 0) is 25.6 Å². The van der Waals surface area contributed by atoms with Crippen molar-refractivity contribution in [3.8, 4) is 0 Å². The molecule has 8 amide bonds. The SMILES string of the molecule is Cc1ccccc1N1C(=O)NC(=O)/C(=C\c2ccc3c(c2)CC2(C(=O)N(C)C(=O)N(C)C2=O)[C@@H]2CCCN32)C1=O. The summed E-state index contributed by atoms with van der Waals surface area (Å²) >= 11 is 0. The van der Waals surface area contributed by atoms with Crippen molar-refractivity contribution in [2.45, 2.75) is 32.2 Å². The van der Waals surface area contributed by atoms with Crippen molar-refractivity contribution >= 4 is 53.1 Å². The number of imide groups is 4. The standard InChI is InChI=1S/C29H27N5O6/c1-16-7-4-5-8-20(16)34-24(36)19(23(35)30-27(34)39)14-17-10-11-21-18(13-17)15-29(22-9-6-12-33(21)22)25(37)31(2)28(40)32(3)26(29)38/h4-5,7-8,10-11,13-14,22H,6,9,12,15H2,1-3H3,(H,30,35,39)/b19-14+/t22-/m0/s1. The minimum absolute atomic E-state index is 0.0775. The van der Waals surface area contributed by atoms with Crippen molar-refractivity contribution in [3.63, 3.8) is 0 Å². The lowest BCUT2D eigenvalue weighted by Gasteiger charge is -2.50. The van der Waals surface area contributed by atoms with Gasteiger partial charge in [-0.25, -0.2) is 14.5 Å². The van der Waals surface area contributed by atoms with Crippen molar-refractivity contribution in [2.75, 3.05) is 30.4 Å². The highest BCUT2D eigenvalue weighted by molar-refractivity contribution is 6.39. The zero-order chi connectivity index (χ0) is 28.5. The van der Waals surface area contributed by atoms with Crippen molar-refractivity contribution in [1.82, 2.24) is 15.1 Å². The van der Waals surface area contributed by atoms with Gasteiger partial charge in [-0.15, -0.1) is 0 Å². The molecule has 4 aliphatic heterocycles. The molecule has 11 heteroatoms. The van der Waals surface area contributed by atoms with E-state index in [1.165, 1.54) is 20.2 Å². The molecule has 3 saturated heterocycles. The first-order valence-corrected chi connectivity index (χ1v) is 13.0. The first-order chi connectivity index (χ1) is 19.1. The summed E-state index contributed by atoms with van der Waals surface area (Å²) in [5.74, 6) is -2.62. The molecule has 40 heavy (non-hydrogen) atoms. The smallest absolute Gasteiger partial charge is 0.335 e. The highest BCUT2D eigenvalue weighted by Crippen LogP contribution is 2.49. The Morgan fingerprint density at radius 1 is 0.925 bits per heavy atom. The number of para-hydroxylation sites is 1. The minimum atomic E-state index is -1.46. The number of carbonyl (C=O) groups excluding carboxylic acids is 6. The molecule has 1 N–H and O–H groups in total. The Hall–Kier alpha value is -4.80. The third-order valence-corrected chi connectivity index (χ3v) is 8.42. The second-order valence-electron chi connectivity index (χ2n) is 10.6. The highest BCUT2D eigenvalue weighted by atomic mass is 16.2. The Kier molecular flexibility index (Phi) is 5.65. The third-order valence-electron chi connectivity index (χ3n) is 8.42. The molecule has 204 valence electrons. The quantitative estimate of drug-likeness (QED) is 0.351. The molecule has 0 unspecified atom stereocenters. The Balaban J connectivity index is 1.42. The maximum atomic E-state index is 13.6. The van der Waals surface area contributed by atoms with E-state index in [1.54, 1.807) is 43.3 Å². The van der Waals surface area contributed by atoms with Gasteiger partial charge in [0.15, 0.2) is 5.41 Å². The molecule has 2 aromatic carbocycles. The molecule has 0 aromatic heterocycles. The van der Waals surface area contributed by atoms with Gasteiger partial charge in [-0.1, -0.05) is 24.3 Å². The number of aryl methyl sites for hydroxylation is 1. The van der Waals surface area contributed by atoms with Gasteiger partial charge in [0.05, 0.1) is 11.7 Å². The highest BCUT2D eigenvalue weighted by Gasteiger charge is 2.63. The Morgan fingerprint density at radius 2 is 1.62 bits per heavy atom. The number of barbiturate groups is 2. The number of amides is 8. The van der Waals surface area contributed by atoms with Crippen LogP contribution in [0, 0.1) is 12.3 Å². The van der Waals surface area contributed by atoms with Gasteiger partial charge in [0.25, 0.3) is 11.8 Å². The predicted molar refractivity (Wildman–Crippen MR) is 144 cm³/mol. The van der Waals surface area contributed by atoms with Gasteiger partial charge in [-0.2, -0.15) is 0 Å². The van der Waals surface area contributed by atoms with Gasteiger partial charge in [0, 0.05) is 26.3 Å². The second-order valence-corrected chi connectivity index (χ2v) is 10.6. The van der Waals surface area contributed by atoms with Crippen molar-refractivity contribution in [1.29, 1.82) is 0 Å². The largest absolute Gasteiger partial charge is 0.367 e. The molecule has 3 fully saturated rings. The summed E-state index contributed by atoms with van der Waals surface area (Å²) in [4.78, 5) is 83.6. The van der Waals surface area contributed by atoms with E-state index in [0.29, 0.717) is 35.3 Å². The van der Waals surface area contributed by atoms with E-state index in [0.717, 1.165) is 26.8 Å². The summed E-state index contributed by atoms with van der Waals surface area (Å²) in [6, 6.07) is 10.4. The van der Waals surface area contributed by atoms with Crippen LogP contribution < -0.4 is 15.1 Å². The molecule has 0 saturated carbocycles. The summed E-state index contributed by atoms with van der Waals surface area (Å²) in [5.41, 5.74) is 1.44. The number of nitrogens with zero attached hydrogens (tertiary/aromatic N) is 4. The number of carbonyl (C=O) groups is 6. The summed E-state index contributed by atoms with van der Waals surface area (Å²) in [6.45, 7) is 2.41. The number of nitrogens with one attached hydrogen (secondary N) is 1. The van der Waals surface area contributed by atoms with E-state index in [1.807, 2.05) is 6.07 Å². The van der Waals surface area contributed by atoms with E-state index in [4.69, 9.17) is 0 Å². The molecule has 4 heterocycles. The molecule has 0 radical (unpaired) electrons. The van der Waals surface area contributed by atoms with Crippen LogP contribution in [0.4, 0.5) is 21.0 Å². The third kappa shape index (κ3) is 3.43. The van der Waals surface area contributed by atoms with Crippen LogP contribution in [-0.4, -0.2) is 72.2 Å². The number of rotatable bonds is 2. The molecule has 2 aromatic rings. The molecule has 11 nitrogen and oxygen atoms in total. The van der Waals surface area contributed by atoms with Crippen LogP contribution in [0.3, 0.4) is 0 Å². The minimum Gasteiger partial charge on any atom is -0.367 e. The van der Waals surface area contributed by atoms with Gasteiger partial charge in [0.2, 0.25) is 11.8 Å². The summed E-state index contributed by atoms with van der Waals surface area (Å²) < 4.78 is 0. The van der Waals surface area contributed by atoms with Crippen LogP contribution in [0.1, 0.15) is 29.5 Å². The van der Waals surface area contributed by atoms with Gasteiger partial charge in [0.1, 0.15) is 5.57 Å². The van der Waals surface area contributed by atoms with Gasteiger partial charge in [-0.3, -0.25) is 34.3 Å². The monoisotopic (exact) mass is 541 g/mol. The number of anilines is 2. The lowest BCUT2D eigenvalue weighted by molar-refractivity contribution is -0.159. The van der Waals surface area contributed by atoms with E-state index in [-0.39, 0.29) is 18.0 Å². The topological polar surface area (TPSA) is 127 Å². The van der Waals surface area contributed by atoms with Crippen molar-refractivity contribution in [3.05, 3.63) is 64.7 Å². The number of hydrogen-bond acceptors (Lipinski definition) is 7. The number of urea groups is 2. The lowest BCUT2D eigenvalue weighted by Crippen LogP contribution is -2.70. The number of fused-ring (bicyclic) bond motifs is 4. The van der Waals surface area contributed by atoms with Crippen LogP contribution >= 0.6 is 0 Å². The number of benzene rings is 2. The zero-order valence-corrected chi connectivity index (χ0v) is 22.3. The summed E-state index contributed by atoms with van der Waals surface area (Å²) in [6.07, 6.45) is 2.91. The molecular formula is C29H27N5O6. The van der Waals surface area contributed by atoms with E-state index in [9.17, 15) is 28.8 Å². The molecular weight excluding hydrogens is 514 g/mol. The first-order valence-electron chi connectivity index (χ1n) is 13.0. The van der Waals surface area contributed by atoms with E-state index < -0.39 is 41.1 Å². The Labute approximate surface area is 230 Å². The molecule has 4 aliphatic rings. The van der Waals surface area contributed by atoms with Crippen LogP contribution in [0.2, 0.25) is 0 Å². The summed E-state index contributed by atoms with van der Waals surface area (Å²) in [5, 5.41) is 2.24. The Bertz CT molecular complexity index is 1550.